The Morgan fingerprint density at radius 2 is 1.81 bits per heavy atom. The van der Waals surface area contributed by atoms with Gasteiger partial charge in [0.15, 0.2) is 0 Å². The Bertz CT molecular complexity index is 1270. The lowest BCUT2D eigenvalue weighted by Gasteiger charge is -2.35. The van der Waals surface area contributed by atoms with Gasteiger partial charge < -0.3 is 9.80 Å². The van der Waals surface area contributed by atoms with Gasteiger partial charge in [0.2, 0.25) is 0 Å². The normalized spacial score (nSPS) is 13.6. The Balaban J connectivity index is 0.000000248. The van der Waals surface area contributed by atoms with Gasteiger partial charge >= 0.3 is 0 Å². The van der Waals surface area contributed by atoms with E-state index in [-0.39, 0.29) is 0 Å². The number of unbranched alkanes of at least 4 members (excludes halogenated alkanes) is 1. The highest BCUT2D eigenvalue weighted by molar-refractivity contribution is 6.35. The third-order valence-electron chi connectivity index (χ3n) is 6.64. The van der Waals surface area contributed by atoms with Crippen LogP contribution in [0.2, 0.25) is 5.02 Å². The van der Waals surface area contributed by atoms with E-state index in [1.165, 1.54) is 51.1 Å². The number of benzene rings is 2. The molecule has 0 unspecified atom stereocenters. The van der Waals surface area contributed by atoms with Crippen LogP contribution in [-0.4, -0.2) is 53.7 Å². The average Bonchev–Trinajstić information content (AvgIpc) is 2.88. The molecule has 0 spiro atoms. The molecular formula is C32H41ClN4. The van der Waals surface area contributed by atoms with E-state index in [0.29, 0.717) is 5.02 Å². The number of piperazine rings is 1. The largest absolute Gasteiger partial charge is 0.373 e. The average molecular weight is 517 g/mol. The molecule has 1 fully saturated rings. The van der Waals surface area contributed by atoms with Gasteiger partial charge in [-0.15, -0.1) is 0 Å². The van der Waals surface area contributed by atoms with E-state index in [1.54, 1.807) is 0 Å². The lowest BCUT2D eigenvalue weighted by atomic mass is 10.0. The van der Waals surface area contributed by atoms with Crippen molar-refractivity contribution in [2.24, 2.45) is 4.99 Å². The van der Waals surface area contributed by atoms with E-state index >= 15 is 0 Å². The zero-order valence-electron chi connectivity index (χ0n) is 23.1. The SMILES string of the molecule is C=C(CCCC)N1CCN(C)CC1.C=Cc1ccc2c(Cl)cc(-c3ccc(C)c(N=C(C)C)c3)nc2c1. The Labute approximate surface area is 228 Å². The first-order chi connectivity index (χ1) is 17.7. The molecule has 0 aliphatic carbocycles. The highest BCUT2D eigenvalue weighted by Crippen LogP contribution is 2.31. The van der Waals surface area contributed by atoms with E-state index in [0.717, 1.165) is 44.7 Å². The molecule has 196 valence electrons. The Morgan fingerprint density at radius 1 is 1.08 bits per heavy atom. The second-order valence-corrected chi connectivity index (χ2v) is 10.4. The zero-order chi connectivity index (χ0) is 26.9. The molecule has 0 radical (unpaired) electrons. The Hall–Kier alpha value is -2.95. The third kappa shape index (κ3) is 8.02. The van der Waals surface area contributed by atoms with Crippen LogP contribution in [0.25, 0.3) is 28.2 Å². The van der Waals surface area contributed by atoms with Crippen LogP contribution in [0.1, 0.15) is 51.2 Å². The smallest absolute Gasteiger partial charge is 0.0730 e. The first kappa shape index (κ1) is 28.6. The van der Waals surface area contributed by atoms with E-state index in [9.17, 15) is 0 Å². The molecule has 2 heterocycles. The topological polar surface area (TPSA) is 31.7 Å². The molecule has 1 aliphatic heterocycles. The molecule has 1 aromatic heterocycles. The summed E-state index contributed by atoms with van der Waals surface area (Å²) in [5.74, 6) is 0. The Kier molecular flexibility index (Phi) is 10.5. The van der Waals surface area contributed by atoms with Crippen molar-refractivity contribution in [3.05, 3.63) is 77.5 Å². The van der Waals surface area contributed by atoms with Crippen LogP contribution < -0.4 is 0 Å². The molecule has 0 atom stereocenters. The summed E-state index contributed by atoms with van der Waals surface area (Å²) < 4.78 is 0. The minimum absolute atomic E-state index is 0.697. The second kappa shape index (κ2) is 13.6. The molecule has 2 aromatic carbocycles. The van der Waals surface area contributed by atoms with Gasteiger partial charge in [0.25, 0.3) is 0 Å². The molecule has 37 heavy (non-hydrogen) atoms. The summed E-state index contributed by atoms with van der Waals surface area (Å²) >= 11 is 6.47. The van der Waals surface area contributed by atoms with E-state index < -0.39 is 0 Å². The number of pyridine rings is 1. The minimum Gasteiger partial charge on any atom is -0.373 e. The molecule has 4 nitrogen and oxygen atoms in total. The van der Waals surface area contributed by atoms with Crippen molar-refractivity contribution in [2.45, 2.75) is 47.0 Å². The van der Waals surface area contributed by atoms with Gasteiger partial charge in [0.1, 0.15) is 0 Å². The predicted octanol–water partition coefficient (Wildman–Crippen LogP) is 8.56. The van der Waals surface area contributed by atoms with Crippen molar-refractivity contribution < 1.29 is 0 Å². The number of likely N-dealkylation sites (N-methyl/N-ethyl adjacent to an activating group) is 1. The van der Waals surface area contributed by atoms with Crippen molar-refractivity contribution in [2.75, 3.05) is 33.2 Å². The molecule has 0 saturated carbocycles. The molecule has 0 amide bonds. The summed E-state index contributed by atoms with van der Waals surface area (Å²) in [6.07, 6.45) is 5.54. The lowest BCUT2D eigenvalue weighted by molar-refractivity contribution is 0.182. The minimum atomic E-state index is 0.697. The summed E-state index contributed by atoms with van der Waals surface area (Å²) in [5.41, 5.74) is 8.22. The summed E-state index contributed by atoms with van der Waals surface area (Å²) in [6, 6.07) is 14.1. The fourth-order valence-corrected chi connectivity index (χ4v) is 4.53. The van der Waals surface area contributed by atoms with E-state index in [2.05, 4.69) is 67.0 Å². The maximum atomic E-state index is 6.47. The third-order valence-corrected chi connectivity index (χ3v) is 6.95. The van der Waals surface area contributed by atoms with Crippen LogP contribution >= 0.6 is 11.6 Å². The number of fused-ring (bicyclic) bond motifs is 1. The van der Waals surface area contributed by atoms with Crippen LogP contribution in [-0.2, 0) is 0 Å². The maximum Gasteiger partial charge on any atom is 0.0730 e. The van der Waals surface area contributed by atoms with Crippen LogP contribution in [0.3, 0.4) is 0 Å². The number of aromatic nitrogens is 1. The number of halogens is 1. The molecule has 5 heteroatoms. The number of allylic oxidation sites excluding steroid dienone is 1. The van der Waals surface area contributed by atoms with Crippen molar-refractivity contribution in [3.63, 3.8) is 0 Å². The highest BCUT2D eigenvalue weighted by Gasteiger charge is 2.14. The standard InChI is InChI=1S/C21H19ClN2.C11H22N2/c1-5-15-7-9-17-18(22)12-20(24-21(17)10-15)16-8-6-14(4)19(11-16)23-13(2)3;1-4-5-6-11(2)13-9-7-12(3)8-10-13/h5-12H,1H2,2-4H3;2,4-10H2,1,3H3. The number of rotatable bonds is 7. The summed E-state index contributed by atoms with van der Waals surface area (Å²) in [4.78, 5) is 14.2. The quantitative estimate of drug-likeness (QED) is 0.295. The monoisotopic (exact) mass is 516 g/mol. The fourth-order valence-electron chi connectivity index (χ4n) is 4.27. The van der Waals surface area contributed by atoms with E-state index in [4.69, 9.17) is 16.6 Å². The number of aryl methyl sites for hydroxylation is 1. The van der Waals surface area contributed by atoms with Crippen molar-refractivity contribution in [1.29, 1.82) is 0 Å². The molecule has 0 bridgehead atoms. The molecule has 4 rings (SSSR count). The molecule has 1 aliphatic rings. The first-order valence-corrected chi connectivity index (χ1v) is 13.6. The van der Waals surface area contributed by atoms with Crippen LogP contribution in [0.5, 0.6) is 0 Å². The summed E-state index contributed by atoms with van der Waals surface area (Å²) in [7, 11) is 2.19. The fraction of sp³-hybridized carbons (Fsp3) is 0.375. The van der Waals surface area contributed by atoms with Crippen molar-refractivity contribution in [3.8, 4) is 11.3 Å². The summed E-state index contributed by atoms with van der Waals surface area (Å²) in [6.45, 7) is 20.9. The van der Waals surface area contributed by atoms with Crippen molar-refractivity contribution >= 4 is 40.0 Å². The Morgan fingerprint density at radius 3 is 2.46 bits per heavy atom. The number of nitrogens with zero attached hydrogens (tertiary/aromatic N) is 4. The number of hydrogen-bond acceptors (Lipinski definition) is 4. The van der Waals surface area contributed by atoms with Gasteiger partial charge in [-0.2, -0.15) is 0 Å². The predicted molar refractivity (Wildman–Crippen MR) is 163 cm³/mol. The number of aliphatic imine (C=N–C) groups is 1. The van der Waals surface area contributed by atoms with Gasteiger partial charge in [-0.05, 0) is 70.0 Å². The molecule has 1 saturated heterocycles. The number of hydrogen-bond donors (Lipinski definition) is 0. The zero-order valence-corrected chi connectivity index (χ0v) is 23.9. The van der Waals surface area contributed by atoms with Gasteiger partial charge in [-0.1, -0.05) is 68.4 Å². The van der Waals surface area contributed by atoms with Crippen LogP contribution in [0, 0.1) is 6.92 Å². The lowest BCUT2D eigenvalue weighted by Crippen LogP contribution is -2.43. The van der Waals surface area contributed by atoms with Crippen LogP contribution in [0.15, 0.2) is 66.3 Å². The molecule has 0 N–H and O–H groups in total. The second-order valence-electron chi connectivity index (χ2n) is 9.99. The van der Waals surface area contributed by atoms with Gasteiger partial charge in [0, 0.05) is 48.5 Å². The molecular weight excluding hydrogens is 476 g/mol. The van der Waals surface area contributed by atoms with Gasteiger partial charge in [-0.3, -0.25) is 4.99 Å². The van der Waals surface area contributed by atoms with Gasteiger partial charge in [0.05, 0.1) is 21.9 Å². The van der Waals surface area contributed by atoms with Gasteiger partial charge in [-0.25, -0.2) is 4.98 Å². The summed E-state index contributed by atoms with van der Waals surface area (Å²) in [5, 5.41) is 1.64. The maximum absolute atomic E-state index is 6.47. The molecule has 3 aromatic rings. The highest BCUT2D eigenvalue weighted by atomic mass is 35.5. The van der Waals surface area contributed by atoms with E-state index in [1.807, 2.05) is 44.2 Å². The van der Waals surface area contributed by atoms with Crippen molar-refractivity contribution in [1.82, 2.24) is 14.8 Å². The van der Waals surface area contributed by atoms with Crippen LogP contribution in [0.4, 0.5) is 5.69 Å². The first-order valence-electron chi connectivity index (χ1n) is 13.2.